The van der Waals surface area contributed by atoms with Crippen molar-refractivity contribution < 1.29 is 14.7 Å². The smallest absolute Gasteiger partial charge is 0.269 e. The number of nitro groups is 1. The van der Waals surface area contributed by atoms with Crippen LogP contribution in [-0.2, 0) is 4.84 Å². The largest absolute Gasteiger partial charge is 0.394 e. The zero-order valence-corrected chi connectivity index (χ0v) is 14.6. The maximum absolute atomic E-state index is 12.4. The van der Waals surface area contributed by atoms with E-state index in [0.717, 1.165) is 43.4 Å². The fourth-order valence-electron chi connectivity index (χ4n) is 3.99. The van der Waals surface area contributed by atoms with Crippen LogP contribution in [-0.4, -0.2) is 15.5 Å². The fraction of sp³-hybridized carbons (Fsp3) is 0.632. The van der Waals surface area contributed by atoms with Crippen LogP contribution >= 0.6 is 0 Å². The number of hydrogen-bond acceptors (Lipinski definition) is 4. The molecule has 0 N–H and O–H groups in total. The second kappa shape index (κ2) is 8.32. The normalized spacial score (nSPS) is 25.4. The average Bonchev–Trinajstić information content (AvgIpc) is 2.90. The Bertz CT molecular complexity index is 644. The van der Waals surface area contributed by atoms with Gasteiger partial charge < -0.3 is 4.84 Å². The lowest BCUT2D eigenvalue weighted by Crippen LogP contribution is -2.19. The van der Waals surface area contributed by atoms with Gasteiger partial charge in [-0.1, -0.05) is 57.1 Å². The number of nitrogens with zero attached hydrogens (tertiary/aromatic N) is 2. The van der Waals surface area contributed by atoms with E-state index in [1.54, 1.807) is 6.07 Å². The lowest BCUT2D eigenvalue weighted by Gasteiger charge is -2.20. The number of fused-ring (bicyclic) bond motifs is 1. The quantitative estimate of drug-likeness (QED) is 0.426. The first-order valence-corrected chi connectivity index (χ1v) is 9.41. The van der Waals surface area contributed by atoms with E-state index >= 15 is 0 Å². The summed E-state index contributed by atoms with van der Waals surface area (Å²) < 4.78 is 0. The molecular formula is C19H26N2O4. The van der Waals surface area contributed by atoms with Crippen molar-refractivity contribution in [2.75, 3.05) is 0 Å². The molecule has 136 valence electrons. The van der Waals surface area contributed by atoms with Crippen LogP contribution in [0.5, 0.6) is 0 Å². The molecule has 0 unspecified atom stereocenters. The third-order valence-corrected chi connectivity index (χ3v) is 5.34. The summed E-state index contributed by atoms with van der Waals surface area (Å²) in [5.74, 6) is 0.0268. The molecule has 1 saturated carbocycles. The first kappa shape index (κ1) is 17.7. The van der Waals surface area contributed by atoms with Gasteiger partial charge >= 0.3 is 0 Å². The summed E-state index contributed by atoms with van der Waals surface area (Å²) in [5, 5.41) is 23.4. The van der Waals surface area contributed by atoms with Gasteiger partial charge in [0.15, 0.2) is 0 Å². The van der Waals surface area contributed by atoms with Gasteiger partial charge in [-0.05, 0) is 18.4 Å². The van der Waals surface area contributed by atoms with Gasteiger partial charge in [0.2, 0.25) is 5.71 Å². The van der Waals surface area contributed by atoms with Crippen LogP contribution < -0.4 is 0 Å². The molecular weight excluding hydrogens is 320 g/mol. The van der Waals surface area contributed by atoms with Gasteiger partial charge in [0, 0.05) is 23.5 Å². The van der Waals surface area contributed by atoms with E-state index in [-0.39, 0.29) is 11.6 Å². The highest BCUT2D eigenvalue weighted by atomic mass is 16.9. The van der Waals surface area contributed by atoms with Gasteiger partial charge in [-0.3, -0.25) is 15.3 Å². The number of hydrogen-bond donors (Lipinski definition) is 0. The molecule has 1 aromatic rings. The minimum atomic E-state index is -0.407. The van der Waals surface area contributed by atoms with Crippen molar-refractivity contribution in [2.45, 2.75) is 70.3 Å². The van der Waals surface area contributed by atoms with Gasteiger partial charge in [-0.25, -0.2) is 0 Å². The average molecular weight is 346 g/mol. The highest BCUT2D eigenvalue weighted by Gasteiger charge is 2.40. The molecule has 1 heterocycles. The standard InChI is InChI=1S/C19H26N2O4/c22-20(23)16-11-9-10-15(14-16)19-17-12-7-5-3-1-2-4-6-8-13-18(17)21(24)25-19/h9-11,14,17,19H,1-8,12-13H2/t17-,19-/m0/s1. The Hall–Kier alpha value is -2.11. The van der Waals surface area contributed by atoms with Crippen molar-refractivity contribution in [1.82, 2.24) is 0 Å². The zero-order valence-electron chi connectivity index (χ0n) is 14.6. The molecule has 0 aromatic heterocycles. The maximum atomic E-state index is 12.4. The first-order chi connectivity index (χ1) is 12.2. The molecule has 1 aromatic carbocycles. The maximum Gasteiger partial charge on any atom is 0.269 e. The Labute approximate surface area is 148 Å². The summed E-state index contributed by atoms with van der Waals surface area (Å²) in [6, 6.07) is 6.50. The number of non-ortho nitro benzene ring substituents is 1. The molecule has 0 amide bonds. The topological polar surface area (TPSA) is 78.4 Å². The van der Waals surface area contributed by atoms with Crippen molar-refractivity contribution in [2.24, 2.45) is 5.92 Å². The molecule has 1 aliphatic carbocycles. The number of benzene rings is 1. The van der Waals surface area contributed by atoms with Gasteiger partial charge in [0.05, 0.1) is 10.8 Å². The van der Waals surface area contributed by atoms with Gasteiger partial charge in [0.25, 0.3) is 5.69 Å². The summed E-state index contributed by atoms with van der Waals surface area (Å²) in [6.45, 7) is 0. The van der Waals surface area contributed by atoms with Crippen LogP contribution in [0.4, 0.5) is 5.69 Å². The van der Waals surface area contributed by atoms with E-state index in [4.69, 9.17) is 4.84 Å². The molecule has 6 nitrogen and oxygen atoms in total. The van der Waals surface area contributed by atoms with E-state index in [1.807, 2.05) is 6.07 Å². The first-order valence-electron chi connectivity index (χ1n) is 9.41. The summed E-state index contributed by atoms with van der Waals surface area (Å²) in [7, 11) is 0. The Morgan fingerprint density at radius 2 is 1.72 bits per heavy atom. The highest BCUT2D eigenvalue weighted by Crippen LogP contribution is 2.38. The molecule has 0 saturated heterocycles. The SMILES string of the molecule is O=[N+]([O-])c1cccc([C@@H]2O[N+]([O-])=C3CCCCCCCCCC[C@@H]32)c1. The van der Waals surface area contributed by atoms with Crippen molar-refractivity contribution in [1.29, 1.82) is 0 Å². The third kappa shape index (κ3) is 4.30. The minimum absolute atomic E-state index is 0.0268. The minimum Gasteiger partial charge on any atom is -0.394 e. The van der Waals surface area contributed by atoms with Crippen LogP contribution in [0.25, 0.3) is 0 Å². The number of nitro benzene ring substituents is 1. The van der Waals surface area contributed by atoms with Crippen molar-refractivity contribution >= 4 is 11.4 Å². The van der Waals surface area contributed by atoms with Crippen LogP contribution in [0.1, 0.15) is 75.9 Å². The van der Waals surface area contributed by atoms with Gasteiger partial charge in [-0.2, -0.15) is 0 Å². The highest BCUT2D eigenvalue weighted by molar-refractivity contribution is 5.83. The second-order valence-corrected chi connectivity index (χ2v) is 7.10. The zero-order chi connectivity index (χ0) is 17.6. The molecule has 1 fully saturated rings. The summed E-state index contributed by atoms with van der Waals surface area (Å²) in [6.07, 6.45) is 10.7. The van der Waals surface area contributed by atoms with Crippen LogP contribution in [0, 0.1) is 21.2 Å². The van der Waals surface area contributed by atoms with E-state index in [0.29, 0.717) is 4.90 Å². The van der Waals surface area contributed by atoms with Crippen molar-refractivity contribution in [3.05, 3.63) is 45.2 Å². The predicted molar refractivity (Wildman–Crippen MR) is 95.2 cm³/mol. The Morgan fingerprint density at radius 1 is 1.04 bits per heavy atom. The molecule has 0 radical (unpaired) electrons. The molecule has 2 aliphatic rings. The molecule has 2 atom stereocenters. The lowest BCUT2D eigenvalue weighted by molar-refractivity contribution is -0.743. The monoisotopic (exact) mass is 346 g/mol. The van der Waals surface area contributed by atoms with E-state index in [2.05, 4.69) is 0 Å². The van der Waals surface area contributed by atoms with E-state index in [1.165, 1.54) is 44.2 Å². The van der Waals surface area contributed by atoms with E-state index < -0.39 is 11.0 Å². The van der Waals surface area contributed by atoms with Gasteiger partial charge in [-0.15, -0.1) is 0 Å². The third-order valence-electron chi connectivity index (χ3n) is 5.34. The molecule has 1 aliphatic heterocycles. The van der Waals surface area contributed by atoms with Crippen molar-refractivity contribution in [3.8, 4) is 0 Å². The summed E-state index contributed by atoms with van der Waals surface area (Å²) in [4.78, 5) is 17.0. The predicted octanol–water partition coefficient (Wildman–Crippen LogP) is 5.06. The Morgan fingerprint density at radius 3 is 2.44 bits per heavy atom. The van der Waals surface area contributed by atoms with E-state index in [9.17, 15) is 15.3 Å². The lowest BCUT2D eigenvalue weighted by atomic mass is 9.85. The fourth-order valence-corrected chi connectivity index (χ4v) is 3.99. The Kier molecular flexibility index (Phi) is 5.89. The molecule has 3 rings (SSSR count). The molecule has 0 bridgehead atoms. The molecule has 0 spiro atoms. The van der Waals surface area contributed by atoms with Crippen LogP contribution in [0.2, 0.25) is 0 Å². The second-order valence-electron chi connectivity index (χ2n) is 7.10. The van der Waals surface area contributed by atoms with Crippen LogP contribution in [0.3, 0.4) is 0 Å². The summed E-state index contributed by atoms with van der Waals surface area (Å²) >= 11 is 0. The van der Waals surface area contributed by atoms with Crippen LogP contribution in [0.15, 0.2) is 24.3 Å². The van der Waals surface area contributed by atoms with Gasteiger partial charge in [0.1, 0.15) is 6.10 Å². The summed E-state index contributed by atoms with van der Waals surface area (Å²) in [5.41, 5.74) is 1.58. The number of rotatable bonds is 2. The molecule has 25 heavy (non-hydrogen) atoms. The Balaban J connectivity index is 1.81. The molecule has 6 heteroatoms. The van der Waals surface area contributed by atoms with Crippen molar-refractivity contribution in [3.63, 3.8) is 0 Å².